The molecular weight excluding hydrogens is 192 g/mol. The van der Waals surface area contributed by atoms with Crippen LogP contribution in [0.4, 0.5) is 0 Å². The van der Waals surface area contributed by atoms with Crippen molar-refractivity contribution < 1.29 is 0 Å². The van der Waals surface area contributed by atoms with Gasteiger partial charge in [0.25, 0.3) is 0 Å². The summed E-state index contributed by atoms with van der Waals surface area (Å²) >= 11 is 1.75. The van der Waals surface area contributed by atoms with Crippen LogP contribution in [0.3, 0.4) is 0 Å². The van der Waals surface area contributed by atoms with Gasteiger partial charge < -0.3 is 5.73 Å². The average molecular weight is 210 g/mol. The number of nitrogens with two attached hydrogens (primary N) is 1. The molecule has 3 heteroatoms. The lowest BCUT2D eigenvalue weighted by Crippen LogP contribution is -2.19. The quantitative estimate of drug-likeness (QED) is 0.601. The van der Waals surface area contributed by atoms with Crippen molar-refractivity contribution in [1.82, 2.24) is 0 Å². The molecule has 0 amide bonds. The average Bonchev–Trinajstić information content (AvgIpc) is 2.66. The zero-order chi connectivity index (χ0) is 10.6. The normalized spacial score (nSPS) is 14.7. The van der Waals surface area contributed by atoms with E-state index in [1.807, 2.05) is 0 Å². The zero-order valence-corrected chi connectivity index (χ0v) is 9.84. The van der Waals surface area contributed by atoms with Crippen LogP contribution in [0.2, 0.25) is 0 Å². The fraction of sp³-hybridized carbons (Fsp3) is 0.545. The van der Waals surface area contributed by atoms with Crippen molar-refractivity contribution in [3.63, 3.8) is 0 Å². The molecule has 1 aromatic rings. The van der Waals surface area contributed by atoms with Crippen LogP contribution in [-0.4, -0.2) is 5.84 Å². The molecule has 0 aliphatic rings. The third-order valence-corrected chi connectivity index (χ3v) is 3.13. The molecule has 0 aliphatic heterocycles. The first kappa shape index (κ1) is 11.2. The molecule has 1 aromatic heterocycles. The van der Waals surface area contributed by atoms with E-state index in [9.17, 15) is 0 Å². The van der Waals surface area contributed by atoms with Crippen molar-refractivity contribution in [1.29, 1.82) is 0 Å². The van der Waals surface area contributed by atoms with Crippen molar-refractivity contribution in [3.05, 3.63) is 22.4 Å². The fourth-order valence-corrected chi connectivity index (χ4v) is 2.01. The van der Waals surface area contributed by atoms with Crippen molar-refractivity contribution in [2.45, 2.75) is 33.2 Å². The summed E-state index contributed by atoms with van der Waals surface area (Å²) in [4.78, 5) is 5.84. The molecule has 1 heterocycles. The molecule has 2 nitrogen and oxygen atoms in total. The van der Waals surface area contributed by atoms with E-state index in [-0.39, 0.29) is 6.04 Å². The van der Waals surface area contributed by atoms with Crippen molar-refractivity contribution in [2.75, 3.05) is 0 Å². The van der Waals surface area contributed by atoms with Crippen LogP contribution in [0.15, 0.2) is 22.5 Å². The third-order valence-electron chi connectivity index (χ3n) is 2.15. The predicted octanol–water partition coefficient (Wildman–Crippen LogP) is 3.21. The lowest BCUT2D eigenvalue weighted by atomic mass is 10.1. The van der Waals surface area contributed by atoms with Crippen molar-refractivity contribution in [2.24, 2.45) is 16.6 Å². The Hall–Kier alpha value is -0.830. The number of aliphatic imine (C=N–C) groups is 1. The maximum absolute atomic E-state index is 5.85. The maximum Gasteiger partial charge on any atom is 0.0970 e. The number of amidine groups is 1. The molecule has 0 fully saturated rings. The van der Waals surface area contributed by atoms with E-state index in [0.29, 0.717) is 5.92 Å². The van der Waals surface area contributed by atoms with Gasteiger partial charge in [0, 0.05) is 10.8 Å². The summed E-state index contributed by atoms with van der Waals surface area (Å²) in [5, 5.41) is 2.08. The number of hydrogen-bond acceptors (Lipinski definition) is 2. The molecule has 1 atom stereocenters. The molecule has 1 unspecified atom stereocenters. The van der Waals surface area contributed by atoms with Crippen LogP contribution in [0.25, 0.3) is 0 Å². The first-order chi connectivity index (χ1) is 6.65. The van der Waals surface area contributed by atoms with Crippen LogP contribution >= 0.6 is 11.3 Å². The molecule has 0 bridgehead atoms. The van der Waals surface area contributed by atoms with Crippen molar-refractivity contribution in [3.8, 4) is 0 Å². The minimum atomic E-state index is 0.248. The summed E-state index contributed by atoms with van der Waals surface area (Å²) in [5.74, 6) is 1.09. The topological polar surface area (TPSA) is 38.4 Å². The number of thiophene rings is 1. The second-order valence-corrected chi connectivity index (χ2v) is 4.63. The number of nitrogens with zero attached hydrogens (tertiary/aromatic N) is 1. The van der Waals surface area contributed by atoms with Gasteiger partial charge >= 0.3 is 0 Å². The minimum Gasteiger partial charge on any atom is -0.387 e. The summed E-state index contributed by atoms with van der Waals surface area (Å²) in [5.41, 5.74) is 5.85. The smallest absolute Gasteiger partial charge is 0.0970 e. The highest BCUT2D eigenvalue weighted by Crippen LogP contribution is 2.25. The molecule has 0 aromatic carbocycles. The number of hydrogen-bond donors (Lipinski definition) is 1. The predicted molar refractivity (Wildman–Crippen MR) is 63.8 cm³/mol. The Kier molecular flexibility index (Phi) is 4.14. The van der Waals surface area contributed by atoms with Gasteiger partial charge in [0.2, 0.25) is 0 Å². The Morgan fingerprint density at radius 2 is 2.29 bits per heavy atom. The van der Waals surface area contributed by atoms with Crippen LogP contribution in [0, 0.1) is 5.92 Å². The summed E-state index contributed by atoms with van der Waals surface area (Å²) in [6, 6.07) is 4.43. The van der Waals surface area contributed by atoms with Gasteiger partial charge in [-0.05, 0) is 17.9 Å². The number of rotatable bonds is 4. The highest BCUT2D eigenvalue weighted by atomic mass is 32.1. The first-order valence-electron chi connectivity index (χ1n) is 5.01. The molecule has 0 aliphatic carbocycles. The van der Waals surface area contributed by atoms with E-state index in [1.54, 1.807) is 11.3 Å². The van der Waals surface area contributed by atoms with E-state index in [1.165, 1.54) is 4.88 Å². The zero-order valence-electron chi connectivity index (χ0n) is 9.03. The second kappa shape index (κ2) is 5.15. The van der Waals surface area contributed by atoms with Crippen LogP contribution in [-0.2, 0) is 0 Å². The van der Waals surface area contributed by atoms with Gasteiger partial charge in [0.05, 0.1) is 11.9 Å². The van der Waals surface area contributed by atoms with E-state index in [4.69, 9.17) is 5.73 Å². The fourth-order valence-electron chi connectivity index (χ4n) is 1.17. The molecule has 14 heavy (non-hydrogen) atoms. The standard InChI is InChI=1S/C11H18N2S/c1-4-9(10-6-5-7-14-10)13-11(12)8(2)3/h5-9H,4H2,1-3H3,(H2,12,13). The van der Waals surface area contributed by atoms with E-state index in [0.717, 1.165) is 12.3 Å². The SMILES string of the molecule is CCC(N=C(N)C(C)C)c1cccs1. The van der Waals surface area contributed by atoms with Crippen LogP contribution < -0.4 is 5.73 Å². The highest BCUT2D eigenvalue weighted by molar-refractivity contribution is 7.10. The van der Waals surface area contributed by atoms with Gasteiger partial charge in [-0.3, -0.25) is 4.99 Å². The van der Waals surface area contributed by atoms with Crippen LogP contribution in [0.5, 0.6) is 0 Å². The Labute approximate surface area is 89.9 Å². The van der Waals surface area contributed by atoms with Gasteiger partial charge in [-0.1, -0.05) is 26.8 Å². The van der Waals surface area contributed by atoms with Gasteiger partial charge in [0.1, 0.15) is 0 Å². The van der Waals surface area contributed by atoms with Gasteiger partial charge in [-0.2, -0.15) is 0 Å². The lowest BCUT2D eigenvalue weighted by Gasteiger charge is -2.11. The molecule has 0 saturated heterocycles. The first-order valence-corrected chi connectivity index (χ1v) is 5.89. The van der Waals surface area contributed by atoms with Gasteiger partial charge in [-0.15, -0.1) is 11.3 Å². The minimum absolute atomic E-state index is 0.248. The van der Waals surface area contributed by atoms with Gasteiger partial charge in [-0.25, -0.2) is 0 Å². The summed E-state index contributed by atoms with van der Waals surface area (Å²) < 4.78 is 0. The third kappa shape index (κ3) is 2.84. The van der Waals surface area contributed by atoms with E-state index in [2.05, 4.69) is 43.3 Å². The molecule has 78 valence electrons. The van der Waals surface area contributed by atoms with Crippen molar-refractivity contribution >= 4 is 17.2 Å². The second-order valence-electron chi connectivity index (χ2n) is 3.65. The Balaban J connectivity index is 2.79. The Morgan fingerprint density at radius 3 is 2.71 bits per heavy atom. The summed E-state index contributed by atoms with van der Waals surface area (Å²) in [6.45, 7) is 6.28. The largest absolute Gasteiger partial charge is 0.387 e. The van der Waals surface area contributed by atoms with E-state index < -0.39 is 0 Å². The summed E-state index contributed by atoms with van der Waals surface area (Å²) in [7, 11) is 0. The monoisotopic (exact) mass is 210 g/mol. The van der Waals surface area contributed by atoms with Crippen LogP contribution in [0.1, 0.15) is 38.1 Å². The maximum atomic E-state index is 5.85. The molecule has 2 N–H and O–H groups in total. The molecule has 0 spiro atoms. The summed E-state index contributed by atoms with van der Waals surface area (Å²) in [6.07, 6.45) is 1.01. The Bertz CT molecular complexity index is 288. The molecule has 0 saturated carbocycles. The highest BCUT2D eigenvalue weighted by Gasteiger charge is 2.10. The molecular formula is C11H18N2S. The Morgan fingerprint density at radius 1 is 1.57 bits per heavy atom. The van der Waals surface area contributed by atoms with Gasteiger partial charge in [0.15, 0.2) is 0 Å². The molecule has 0 radical (unpaired) electrons. The lowest BCUT2D eigenvalue weighted by molar-refractivity contribution is 0.699. The van der Waals surface area contributed by atoms with E-state index >= 15 is 0 Å². The molecule has 1 rings (SSSR count).